The lowest BCUT2D eigenvalue weighted by Crippen LogP contribution is -2.27. The second-order valence-corrected chi connectivity index (χ2v) is 7.16. The van der Waals surface area contributed by atoms with E-state index in [9.17, 15) is 4.79 Å². The molecular formula is C23H20N4O2. The van der Waals surface area contributed by atoms with Crippen LogP contribution in [0.1, 0.15) is 17.0 Å². The number of aromatic nitrogens is 3. The predicted molar refractivity (Wildman–Crippen MR) is 113 cm³/mol. The van der Waals surface area contributed by atoms with Crippen molar-refractivity contribution in [3.63, 3.8) is 0 Å². The zero-order valence-electron chi connectivity index (χ0n) is 16.1. The number of rotatable bonds is 4. The van der Waals surface area contributed by atoms with Gasteiger partial charge in [-0.15, -0.1) is 0 Å². The first-order chi connectivity index (χ1) is 14.2. The van der Waals surface area contributed by atoms with Gasteiger partial charge in [-0.1, -0.05) is 29.4 Å². The molecular weight excluding hydrogens is 364 g/mol. The lowest BCUT2D eigenvalue weighted by Gasteiger charge is -2.22. The van der Waals surface area contributed by atoms with E-state index in [0.29, 0.717) is 12.1 Å². The van der Waals surface area contributed by atoms with Gasteiger partial charge >= 0.3 is 0 Å². The number of fused-ring (bicyclic) bond motifs is 2. The number of nitrogens with zero attached hydrogens (tertiary/aromatic N) is 4. The number of para-hydroxylation sites is 1. The molecule has 0 unspecified atom stereocenters. The average molecular weight is 384 g/mol. The van der Waals surface area contributed by atoms with E-state index in [0.717, 1.165) is 46.6 Å². The highest BCUT2D eigenvalue weighted by Crippen LogP contribution is 2.26. The SMILES string of the molecule is Cc1nc2ccccn2c(=O)c1CCN1C=CC(c2noc3ccccc23)=CC1. The Morgan fingerprint density at radius 1 is 1.14 bits per heavy atom. The van der Waals surface area contributed by atoms with E-state index in [1.165, 1.54) is 0 Å². The number of aryl methyl sites for hydroxylation is 1. The van der Waals surface area contributed by atoms with Crippen LogP contribution < -0.4 is 5.56 Å². The summed E-state index contributed by atoms with van der Waals surface area (Å²) in [4.78, 5) is 19.6. The molecule has 3 aromatic heterocycles. The summed E-state index contributed by atoms with van der Waals surface area (Å²) in [6.07, 6.45) is 8.66. The Morgan fingerprint density at radius 3 is 2.86 bits per heavy atom. The van der Waals surface area contributed by atoms with Crippen molar-refractivity contribution in [1.82, 2.24) is 19.4 Å². The molecule has 0 saturated carbocycles. The average Bonchev–Trinajstić information content (AvgIpc) is 3.18. The van der Waals surface area contributed by atoms with Crippen LogP contribution in [-0.2, 0) is 6.42 Å². The smallest absolute Gasteiger partial charge is 0.261 e. The van der Waals surface area contributed by atoms with E-state index in [1.807, 2.05) is 55.5 Å². The minimum atomic E-state index is 0.0133. The molecule has 0 saturated heterocycles. The molecule has 6 heteroatoms. The molecule has 4 aromatic rings. The molecule has 144 valence electrons. The van der Waals surface area contributed by atoms with Crippen LogP contribution in [0.5, 0.6) is 0 Å². The quantitative estimate of drug-likeness (QED) is 0.538. The summed E-state index contributed by atoms with van der Waals surface area (Å²) in [7, 11) is 0. The molecule has 5 rings (SSSR count). The highest BCUT2D eigenvalue weighted by atomic mass is 16.5. The van der Waals surface area contributed by atoms with Gasteiger partial charge in [-0.2, -0.15) is 0 Å². The molecule has 0 N–H and O–H groups in total. The Morgan fingerprint density at radius 2 is 2.00 bits per heavy atom. The number of hydrogen-bond acceptors (Lipinski definition) is 5. The number of pyridine rings is 1. The van der Waals surface area contributed by atoms with Crippen LogP contribution in [-0.4, -0.2) is 32.5 Å². The van der Waals surface area contributed by atoms with Crippen molar-refractivity contribution in [2.45, 2.75) is 13.3 Å². The van der Waals surface area contributed by atoms with Crippen LogP contribution in [0.3, 0.4) is 0 Å². The fourth-order valence-corrected chi connectivity index (χ4v) is 3.75. The summed E-state index contributed by atoms with van der Waals surface area (Å²) in [5.74, 6) is 0. The molecule has 4 heterocycles. The molecule has 1 aromatic carbocycles. The summed E-state index contributed by atoms with van der Waals surface area (Å²) in [6.45, 7) is 3.41. The monoisotopic (exact) mass is 384 g/mol. The minimum Gasteiger partial charge on any atom is -0.373 e. The Bertz CT molecular complexity index is 1330. The highest BCUT2D eigenvalue weighted by Gasteiger charge is 2.15. The van der Waals surface area contributed by atoms with Crippen LogP contribution in [0.15, 0.2) is 76.3 Å². The van der Waals surface area contributed by atoms with Crippen molar-refractivity contribution in [3.8, 4) is 0 Å². The van der Waals surface area contributed by atoms with Crippen molar-refractivity contribution < 1.29 is 4.52 Å². The molecule has 0 radical (unpaired) electrons. The Kier molecular flexibility index (Phi) is 4.24. The van der Waals surface area contributed by atoms with Gasteiger partial charge in [0.05, 0.1) is 0 Å². The van der Waals surface area contributed by atoms with Gasteiger partial charge in [0.1, 0.15) is 11.3 Å². The summed E-state index contributed by atoms with van der Waals surface area (Å²) in [5, 5.41) is 5.24. The maximum Gasteiger partial charge on any atom is 0.261 e. The predicted octanol–water partition coefficient (Wildman–Crippen LogP) is 3.60. The first-order valence-corrected chi connectivity index (χ1v) is 9.65. The molecule has 0 aliphatic carbocycles. The third-order valence-corrected chi connectivity index (χ3v) is 5.34. The Hall–Kier alpha value is -3.67. The summed E-state index contributed by atoms with van der Waals surface area (Å²) in [6, 6.07) is 13.5. The maximum atomic E-state index is 12.8. The van der Waals surface area contributed by atoms with Gasteiger partial charge in [0.25, 0.3) is 5.56 Å². The van der Waals surface area contributed by atoms with Gasteiger partial charge < -0.3 is 9.42 Å². The van der Waals surface area contributed by atoms with Crippen LogP contribution in [0.25, 0.3) is 22.2 Å². The molecule has 0 amide bonds. The maximum absolute atomic E-state index is 12.8. The van der Waals surface area contributed by atoms with Gasteiger partial charge in [-0.3, -0.25) is 9.20 Å². The van der Waals surface area contributed by atoms with Gasteiger partial charge in [-0.05, 0) is 43.7 Å². The van der Waals surface area contributed by atoms with Gasteiger partial charge in [0.15, 0.2) is 5.58 Å². The number of hydrogen-bond donors (Lipinski definition) is 0. The summed E-state index contributed by atoms with van der Waals surface area (Å²) >= 11 is 0. The van der Waals surface area contributed by atoms with E-state index >= 15 is 0 Å². The Balaban J connectivity index is 1.32. The van der Waals surface area contributed by atoms with Crippen LogP contribution in [0.4, 0.5) is 0 Å². The van der Waals surface area contributed by atoms with Gasteiger partial charge in [0.2, 0.25) is 0 Å². The first-order valence-electron chi connectivity index (χ1n) is 9.65. The number of benzene rings is 1. The molecule has 0 spiro atoms. The highest BCUT2D eigenvalue weighted by molar-refractivity contribution is 5.91. The standard InChI is InChI=1S/C23H20N4O2/c1-16-18(23(28)27-12-5-4-8-21(27)24-16)11-15-26-13-9-17(10-14-26)22-19-6-2-3-7-20(19)29-25-22/h2-10,12-13H,11,14-15H2,1H3. The lowest BCUT2D eigenvalue weighted by atomic mass is 10.1. The molecule has 6 nitrogen and oxygen atoms in total. The third kappa shape index (κ3) is 3.12. The topological polar surface area (TPSA) is 63.6 Å². The lowest BCUT2D eigenvalue weighted by molar-refractivity contribution is 0.415. The van der Waals surface area contributed by atoms with E-state index in [4.69, 9.17) is 4.52 Å². The second-order valence-electron chi connectivity index (χ2n) is 7.16. The molecule has 0 fully saturated rings. The molecule has 0 atom stereocenters. The largest absolute Gasteiger partial charge is 0.373 e. The first kappa shape index (κ1) is 17.4. The van der Waals surface area contributed by atoms with Crippen molar-refractivity contribution >= 4 is 22.2 Å². The van der Waals surface area contributed by atoms with Crippen molar-refractivity contribution in [2.24, 2.45) is 0 Å². The van der Waals surface area contributed by atoms with Crippen LogP contribution in [0.2, 0.25) is 0 Å². The zero-order valence-corrected chi connectivity index (χ0v) is 16.1. The zero-order chi connectivity index (χ0) is 19.8. The molecule has 0 bridgehead atoms. The summed E-state index contributed by atoms with van der Waals surface area (Å²) < 4.78 is 7.03. The number of allylic oxidation sites excluding steroid dienone is 2. The fourth-order valence-electron chi connectivity index (χ4n) is 3.75. The molecule has 29 heavy (non-hydrogen) atoms. The van der Waals surface area contributed by atoms with Gasteiger partial charge in [0, 0.05) is 47.7 Å². The van der Waals surface area contributed by atoms with Crippen molar-refractivity contribution in [2.75, 3.05) is 13.1 Å². The van der Waals surface area contributed by atoms with Crippen molar-refractivity contribution in [3.05, 3.63) is 94.3 Å². The van der Waals surface area contributed by atoms with E-state index < -0.39 is 0 Å². The van der Waals surface area contributed by atoms with Crippen LogP contribution >= 0.6 is 0 Å². The normalized spacial score (nSPS) is 14.0. The summed E-state index contributed by atoms with van der Waals surface area (Å²) in [5.41, 5.74) is 4.97. The van der Waals surface area contributed by atoms with E-state index in [1.54, 1.807) is 10.6 Å². The minimum absolute atomic E-state index is 0.0133. The van der Waals surface area contributed by atoms with Gasteiger partial charge in [-0.25, -0.2) is 4.98 Å². The van der Waals surface area contributed by atoms with Crippen LogP contribution in [0, 0.1) is 6.92 Å². The second kappa shape index (κ2) is 7.05. The Labute approximate surface area is 167 Å². The molecule has 1 aliphatic rings. The molecule has 1 aliphatic heterocycles. The van der Waals surface area contributed by atoms with E-state index in [-0.39, 0.29) is 5.56 Å². The van der Waals surface area contributed by atoms with Crippen molar-refractivity contribution in [1.29, 1.82) is 0 Å². The van der Waals surface area contributed by atoms with E-state index in [2.05, 4.69) is 27.3 Å². The fraction of sp³-hybridized carbons (Fsp3) is 0.174. The third-order valence-electron chi connectivity index (χ3n) is 5.34.